The molecule has 1 nitrogen and oxygen atoms in total. The molecule has 0 aliphatic carbocycles. The summed E-state index contributed by atoms with van der Waals surface area (Å²) in [6.07, 6.45) is 0. The Balaban J connectivity index is 3.11. The first-order valence-corrected chi connectivity index (χ1v) is 1.78. The summed E-state index contributed by atoms with van der Waals surface area (Å²) in [4.78, 5) is 0. The van der Waals surface area contributed by atoms with Crippen LogP contribution in [-0.2, 0) is 11.3 Å². The summed E-state index contributed by atoms with van der Waals surface area (Å²) < 4.78 is 9.16. The highest BCUT2D eigenvalue weighted by atomic mass is 32.1. The van der Waals surface area contributed by atoms with Gasteiger partial charge in [0.15, 0.2) is 0 Å². The van der Waals surface area contributed by atoms with Crippen LogP contribution < -0.4 is 0 Å². The minimum Gasteiger partial charge on any atom is -0.213 e. The molecule has 2 heteroatoms. The molecular formula is C2H4OS. The molecule has 0 saturated carbocycles. The van der Waals surface area contributed by atoms with Crippen LogP contribution in [-0.4, -0.2) is 9.58 Å². The highest BCUT2D eigenvalue weighted by molar-refractivity contribution is 7.64. The molecule has 0 spiro atoms. The molecule has 0 fully saturated rings. The number of hydrogen-bond donors (Lipinski definition) is 0. The lowest BCUT2D eigenvalue weighted by molar-refractivity contribution is 0.701. The molecule has 0 saturated heterocycles. The lowest BCUT2D eigenvalue weighted by atomic mass is 11.0. The van der Waals surface area contributed by atoms with Crippen LogP contribution in [0.15, 0.2) is 0 Å². The van der Waals surface area contributed by atoms with Crippen molar-refractivity contribution in [2.75, 3.05) is 0 Å². The van der Waals surface area contributed by atoms with Crippen molar-refractivity contribution >= 4 is 16.6 Å². The molecule has 0 bridgehead atoms. The third-order valence-corrected chi connectivity index (χ3v) is 0.289. The minimum absolute atomic E-state index is 0.481. The average Bonchev–Trinajstić information content (AvgIpc) is 1.37. The Morgan fingerprint density at radius 3 is 2.25 bits per heavy atom. The van der Waals surface area contributed by atoms with E-state index in [1.165, 1.54) is 5.37 Å². The maximum atomic E-state index is 9.16. The van der Waals surface area contributed by atoms with E-state index in [1.54, 1.807) is 6.92 Å². The second-order valence-corrected chi connectivity index (χ2v) is 0.996. The van der Waals surface area contributed by atoms with Crippen molar-refractivity contribution in [2.45, 2.75) is 6.92 Å². The Kier molecular flexibility index (Phi) is 2.81. The van der Waals surface area contributed by atoms with Gasteiger partial charge in [0.1, 0.15) is 0 Å². The topological polar surface area (TPSA) is 17.1 Å². The Morgan fingerprint density at radius 1 is 2.00 bits per heavy atom. The monoisotopic (exact) mass is 76.0 g/mol. The standard InChI is InChI=1S/C2H4OS/c1-2-4-3/h2H,1H3. The summed E-state index contributed by atoms with van der Waals surface area (Å²) in [7, 11) is 0. The van der Waals surface area contributed by atoms with Gasteiger partial charge < -0.3 is 0 Å². The van der Waals surface area contributed by atoms with Crippen molar-refractivity contribution in [3.05, 3.63) is 0 Å². The van der Waals surface area contributed by atoms with Crippen molar-refractivity contribution in [2.24, 2.45) is 0 Å². The Morgan fingerprint density at radius 2 is 2.25 bits per heavy atom. The summed E-state index contributed by atoms with van der Waals surface area (Å²) in [5.41, 5.74) is 0. The fourth-order valence-corrected chi connectivity index (χ4v) is 0. The van der Waals surface area contributed by atoms with Crippen molar-refractivity contribution in [3.63, 3.8) is 0 Å². The summed E-state index contributed by atoms with van der Waals surface area (Å²) in [6.45, 7) is 1.71. The first-order chi connectivity index (χ1) is 1.91. The quantitative estimate of drug-likeness (QED) is 0.372. The van der Waals surface area contributed by atoms with E-state index >= 15 is 0 Å². The lowest BCUT2D eigenvalue weighted by Gasteiger charge is -1.31. The summed E-state index contributed by atoms with van der Waals surface area (Å²) in [5, 5.41) is 1.49. The molecule has 0 heterocycles. The lowest BCUT2D eigenvalue weighted by Crippen LogP contribution is -1.43. The van der Waals surface area contributed by atoms with Crippen LogP contribution in [0.2, 0.25) is 0 Å². The molecule has 0 radical (unpaired) electrons. The van der Waals surface area contributed by atoms with Crippen LogP contribution in [0.5, 0.6) is 0 Å². The largest absolute Gasteiger partial charge is 0.213 e. The van der Waals surface area contributed by atoms with Crippen LogP contribution in [0.4, 0.5) is 0 Å². The average molecular weight is 76.1 g/mol. The second kappa shape index (κ2) is 2.89. The van der Waals surface area contributed by atoms with Gasteiger partial charge in [-0.05, 0) is 6.92 Å². The fraction of sp³-hybridized carbons (Fsp3) is 0.500. The number of rotatable bonds is 0. The van der Waals surface area contributed by atoms with Gasteiger partial charge in [-0.15, -0.1) is 0 Å². The van der Waals surface area contributed by atoms with Gasteiger partial charge in [0.2, 0.25) is 0 Å². The maximum absolute atomic E-state index is 9.16. The van der Waals surface area contributed by atoms with Gasteiger partial charge in [0.25, 0.3) is 0 Å². The van der Waals surface area contributed by atoms with E-state index in [0.717, 1.165) is 0 Å². The van der Waals surface area contributed by atoms with E-state index in [0.29, 0.717) is 11.3 Å². The molecule has 24 valence electrons. The molecule has 0 atom stereocenters. The first kappa shape index (κ1) is 3.89. The van der Waals surface area contributed by atoms with Crippen LogP contribution in [0.1, 0.15) is 6.92 Å². The second-order valence-electron chi connectivity index (χ2n) is 0.332. The zero-order chi connectivity index (χ0) is 3.41. The summed E-state index contributed by atoms with van der Waals surface area (Å²) >= 11 is 0.481. The SMILES string of the molecule is CC=S=O. The van der Waals surface area contributed by atoms with E-state index in [-0.39, 0.29) is 0 Å². The molecule has 0 aliphatic heterocycles. The minimum atomic E-state index is 0.481. The van der Waals surface area contributed by atoms with Gasteiger partial charge in [-0.1, -0.05) is 0 Å². The van der Waals surface area contributed by atoms with E-state index < -0.39 is 0 Å². The van der Waals surface area contributed by atoms with E-state index in [2.05, 4.69) is 0 Å². The summed E-state index contributed by atoms with van der Waals surface area (Å²) in [6, 6.07) is 0. The molecule has 0 aromatic heterocycles. The zero-order valence-electron chi connectivity index (χ0n) is 2.39. The van der Waals surface area contributed by atoms with Crippen LogP contribution in [0.25, 0.3) is 0 Å². The van der Waals surface area contributed by atoms with E-state index in [9.17, 15) is 0 Å². The number of hydrogen-bond acceptors (Lipinski definition) is 1. The van der Waals surface area contributed by atoms with Gasteiger partial charge >= 0.3 is 0 Å². The van der Waals surface area contributed by atoms with Gasteiger partial charge in [-0.2, -0.15) is 0 Å². The Bertz CT molecular complexity index is 44.0. The predicted molar refractivity (Wildman–Crippen MR) is 19.9 cm³/mol. The fourth-order valence-electron chi connectivity index (χ4n) is 0. The van der Waals surface area contributed by atoms with E-state index in [4.69, 9.17) is 4.21 Å². The van der Waals surface area contributed by atoms with Gasteiger partial charge in [0.05, 0.1) is 11.3 Å². The Hall–Kier alpha value is -0.110. The third kappa shape index (κ3) is 1.89. The highest BCUT2D eigenvalue weighted by Gasteiger charge is 1.31. The molecule has 0 amide bonds. The van der Waals surface area contributed by atoms with Crippen molar-refractivity contribution in [1.82, 2.24) is 0 Å². The molecule has 0 unspecified atom stereocenters. The zero-order valence-corrected chi connectivity index (χ0v) is 3.21. The molecule has 0 aromatic carbocycles. The van der Waals surface area contributed by atoms with Crippen LogP contribution in [0.3, 0.4) is 0 Å². The van der Waals surface area contributed by atoms with Crippen molar-refractivity contribution in [3.8, 4) is 0 Å². The van der Waals surface area contributed by atoms with Crippen molar-refractivity contribution < 1.29 is 4.21 Å². The van der Waals surface area contributed by atoms with Crippen molar-refractivity contribution in [1.29, 1.82) is 0 Å². The molecule has 0 N–H and O–H groups in total. The normalized spacial score (nSPS) is 5.25. The van der Waals surface area contributed by atoms with Crippen LogP contribution >= 0.6 is 0 Å². The van der Waals surface area contributed by atoms with E-state index in [1.807, 2.05) is 0 Å². The highest BCUT2D eigenvalue weighted by Crippen LogP contribution is 1.22. The smallest absolute Gasteiger partial charge is 0.0838 e. The van der Waals surface area contributed by atoms with Gasteiger partial charge in [-0.3, -0.25) is 0 Å². The molecule has 0 aromatic rings. The van der Waals surface area contributed by atoms with Crippen LogP contribution in [0, 0.1) is 0 Å². The third-order valence-electron chi connectivity index (χ3n) is 0.0962. The predicted octanol–water partition coefficient (Wildman–Crippen LogP) is 0.0215. The van der Waals surface area contributed by atoms with Gasteiger partial charge in [0, 0.05) is 5.37 Å². The van der Waals surface area contributed by atoms with Gasteiger partial charge in [-0.25, -0.2) is 4.21 Å². The first-order valence-electron chi connectivity index (χ1n) is 0.980. The summed E-state index contributed by atoms with van der Waals surface area (Å²) in [5.74, 6) is 0. The molecule has 0 rings (SSSR count). The maximum Gasteiger partial charge on any atom is 0.0838 e. The Labute approximate surface area is 28.7 Å². The molecular weight excluding hydrogens is 72.1 g/mol. The molecule has 0 aliphatic rings. The molecule has 4 heavy (non-hydrogen) atoms.